The second-order valence-corrected chi connectivity index (χ2v) is 5.63. The highest BCUT2D eigenvalue weighted by Crippen LogP contribution is 2.25. The molecule has 94 valence electrons. The number of hydrogen-bond donors (Lipinski definition) is 0. The third-order valence-corrected chi connectivity index (χ3v) is 4.24. The van der Waals surface area contributed by atoms with E-state index in [4.69, 9.17) is 11.6 Å². The van der Waals surface area contributed by atoms with Crippen LogP contribution in [0, 0.1) is 5.92 Å². The van der Waals surface area contributed by atoms with Gasteiger partial charge in [0.15, 0.2) is 0 Å². The van der Waals surface area contributed by atoms with E-state index in [-0.39, 0.29) is 0 Å². The van der Waals surface area contributed by atoms with Gasteiger partial charge in [-0.2, -0.15) is 0 Å². The maximum atomic E-state index is 5.81. The van der Waals surface area contributed by atoms with Gasteiger partial charge in [0.05, 0.1) is 0 Å². The lowest BCUT2D eigenvalue weighted by atomic mass is 9.86. The zero-order valence-corrected chi connectivity index (χ0v) is 11.4. The Morgan fingerprint density at radius 3 is 1.94 bits per heavy atom. The van der Waals surface area contributed by atoms with Crippen LogP contribution in [-0.2, 0) is 12.3 Å². The highest BCUT2D eigenvalue weighted by atomic mass is 35.5. The molecule has 1 aliphatic carbocycles. The number of benzene rings is 1. The van der Waals surface area contributed by atoms with E-state index in [1.165, 1.54) is 62.5 Å². The first-order valence-corrected chi connectivity index (χ1v) is 7.56. The van der Waals surface area contributed by atoms with Gasteiger partial charge >= 0.3 is 0 Å². The van der Waals surface area contributed by atoms with Gasteiger partial charge in [-0.15, -0.1) is 11.6 Å². The number of halogens is 1. The molecule has 17 heavy (non-hydrogen) atoms. The van der Waals surface area contributed by atoms with E-state index < -0.39 is 0 Å². The third kappa shape index (κ3) is 4.35. The first kappa shape index (κ1) is 13.0. The smallest absolute Gasteiger partial charge is 0.0474 e. The Morgan fingerprint density at radius 2 is 1.35 bits per heavy atom. The maximum absolute atomic E-state index is 5.81. The summed E-state index contributed by atoms with van der Waals surface area (Å²) >= 11 is 5.81. The van der Waals surface area contributed by atoms with E-state index in [2.05, 4.69) is 24.3 Å². The Balaban J connectivity index is 1.88. The fraction of sp³-hybridized carbons (Fsp3) is 0.625. The molecule has 0 nitrogen and oxygen atoms in total. The van der Waals surface area contributed by atoms with Crippen LogP contribution in [-0.4, -0.2) is 0 Å². The summed E-state index contributed by atoms with van der Waals surface area (Å²) in [5, 5.41) is 0. The molecule has 0 bridgehead atoms. The van der Waals surface area contributed by atoms with Crippen LogP contribution in [0.3, 0.4) is 0 Å². The van der Waals surface area contributed by atoms with Gasteiger partial charge in [-0.3, -0.25) is 0 Å². The SMILES string of the molecule is ClCc1ccc(CC2CCCCCCC2)cc1. The minimum Gasteiger partial charge on any atom is -0.122 e. The zero-order chi connectivity index (χ0) is 11.9. The number of alkyl halides is 1. The summed E-state index contributed by atoms with van der Waals surface area (Å²) in [7, 11) is 0. The number of rotatable bonds is 3. The van der Waals surface area contributed by atoms with E-state index in [0.29, 0.717) is 5.88 Å². The molecule has 0 spiro atoms. The van der Waals surface area contributed by atoms with Gasteiger partial charge in [-0.25, -0.2) is 0 Å². The molecule has 1 aromatic carbocycles. The molecule has 0 aliphatic heterocycles. The monoisotopic (exact) mass is 250 g/mol. The fourth-order valence-corrected chi connectivity index (χ4v) is 3.02. The summed E-state index contributed by atoms with van der Waals surface area (Å²) in [6.45, 7) is 0. The van der Waals surface area contributed by atoms with Gasteiger partial charge in [-0.05, 0) is 23.5 Å². The lowest BCUT2D eigenvalue weighted by Gasteiger charge is -2.19. The van der Waals surface area contributed by atoms with Crippen molar-refractivity contribution in [2.45, 2.75) is 57.2 Å². The Hall–Kier alpha value is -0.490. The third-order valence-electron chi connectivity index (χ3n) is 3.93. The molecule has 0 saturated heterocycles. The maximum Gasteiger partial charge on any atom is 0.0474 e. The molecular weight excluding hydrogens is 228 g/mol. The van der Waals surface area contributed by atoms with Gasteiger partial charge in [0, 0.05) is 5.88 Å². The summed E-state index contributed by atoms with van der Waals surface area (Å²) in [6.07, 6.45) is 11.3. The van der Waals surface area contributed by atoms with Crippen molar-refractivity contribution in [3.05, 3.63) is 35.4 Å². The first-order chi connectivity index (χ1) is 8.38. The van der Waals surface area contributed by atoms with Crippen molar-refractivity contribution in [2.24, 2.45) is 5.92 Å². The van der Waals surface area contributed by atoms with Crippen LogP contribution in [0.25, 0.3) is 0 Å². The average Bonchev–Trinajstić information content (AvgIpc) is 2.33. The second kappa shape index (κ2) is 7.06. The van der Waals surface area contributed by atoms with E-state index >= 15 is 0 Å². The lowest BCUT2D eigenvalue weighted by Crippen LogP contribution is -2.07. The normalized spacial score (nSPS) is 18.6. The molecule has 0 amide bonds. The van der Waals surface area contributed by atoms with Gasteiger partial charge in [-0.1, -0.05) is 69.2 Å². The highest BCUT2D eigenvalue weighted by molar-refractivity contribution is 6.17. The van der Waals surface area contributed by atoms with Gasteiger partial charge in [0.1, 0.15) is 0 Å². The molecule has 1 heteroatoms. The molecule has 0 N–H and O–H groups in total. The van der Waals surface area contributed by atoms with E-state index in [9.17, 15) is 0 Å². The average molecular weight is 251 g/mol. The molecule has 0 heterocycles. The van der Waals surface area contributed by atoms with Crippen LogP contribution >= 0.6 is 11.6 Å². The van der Waals surface area contributed by atoms with Crippen molar-refractivity contribution < 1.29 is 0 Å². The van der Waals surface area contributed by atoms with Crippen molar-refractivity contribution in [1.29, 1.82) is 0 Å². The molecule has 1 aromatic rings. The summed E-state index contributed by atoms with van der Waals surface area (Å²) in [4.78, 5) is 0. The van der Waals surface area contributed by atoms with Crippen molar-refractivity contribution in [3.63, 3.8) is 0 Å². The lowest BCUT2D eigenvalue weighted by molar-refractivity contribution is 0.376. The second-order valence-electron chi connectivity index (χ2n) is 5.37. The molecule has 1 aliphatic rings. The van der Waals surface area contributed by atoms with Crippen LogP contribution in [0.15, 0.2) is 24.3 Å². The van der Waals surface area contributed by atoms with E-state index in [1.54, 1.807) is 0 Å². The molecule has 0 unspecified atom stereocenters. The van der Waals surface area contributed by atoms with Crippen LogP contribution in [0.4, 0.5) is 0 Å². The quantitative estimate of drug-likeness (QED) is 0.636. The fourth-order valence-electron chi connectivity index (χ4n) is 2.84. The first-order valence-electron chi connectivity index (χ1n) is 7.02. The topological polar surface area (TPSA) is 0 Å². The Kier molecular flexibility index (Phi) is 5.38. The Labute approximate surface area is 110 Å². The Morgan fingerprint density at radius 1 is 0.824 bits per heavy atom. The minimum atomic E-state index is 0.629. The van der Waals surface area contributed by atoms with Crippen molar-refractivity contribution in [2.75, 3.05) is 0 Å². The number of hydrogen-bond acceptors (Lipinski definition) is 0. The van der Waals surface area contributed by atoms with Gasteiger partial charge in [0.2, 0.25) is 0 Å². The minimum absolute atomic E-state index is 0.629. The molecule has 0 atom stereocenters. The largest absolute Gasteiger partial charge is 0.122 e. The van der Waals surface area contributed by atoms with E-state index in [0.717, 1.165) is 5.92 Å². The molecule has 2 rings (SSSR count). The Bertz CT molecular complexity index is 307. The van der Waals surface area contributed by atoms with Gasteiger partial charge in [0.25, 0.3) is 0 Å². The summed E-state index contributed by atoms with van der Waals surface area (Å²) in [5.74, 6) is 1.54. The van der Waals surface area contributed by atoms with E-state index in [1.807, 2.05) is 0 Å². The van der Waals surface area contributed by atoms with Crippen LogP contribution in [0.2, 0.25) is 0 Å². The summed E-state index contributed by atoms with van der Waals surface area (Å²) < 4.78 is 0. The van der Waals surface area contributed by atoms with Gasteiger partial charge < -0.3 is 0 Å². The molecule has 1 fully saturated rings. The molecular formula is C16H23Cl. The predicted octanol–water partition coefficient (Wildman–Crippen LogP) is 5.33. The predicted molar refractivity (Wildman–Crippen MR) is 75.5 cm³/mol. The molecule has 1 saturated carbocycles. The van der Waals surface area contributed by atoms with Crippen LogP contribution in [0.1, 0.15) is 56.1 Å². The molecule has 0 aromatic heterocycles. The van der Waals surface area contributed by atoms with Crippen LogP contribution in [0.5, 0.6) is 0 Å². The summed E-state index contributed by atoms with van der Waals surface area (Å²) in [5.41, 5.74) is 2.72. The standard InChI is InChI=1S/C16H23Cl/c17-13-16-10-8-15(9-11-16)12-14-6-4-2-1-3-5-7-14/h8-11,14H,1-7,12-13H2. The van der Waals surface area contributed by atoms with Crippen molar-refractivity contribution in [3.8, 4) is 0 Å². The highest BCUT2D eigenvalue weighted by Gasteiger charge is 2.11. The summed E-state index contributed by atoms with van der Waals surface area (Å²) in [6, 6.07) is 8.86. The van der Waals surface area contributed by atoms with Crippen molar-refractivity contribution >= 4 is 11.6 Å². The van der Waals surface area contributed by atoms with Crippen LogP contribution < -0.4 is 0 Å². The molecule has 0 radical (unpaired) electrons. The zero-order valence-electron chi connectivity index (χ0n) is 10.6. The van der Waals surface area contributed by atoms with Crippen molar-refractivity contribution in [1.82, 2.24) is 0 Å².